The van der Waals surface area contributed by atoms with Crippen LogP contribution in [-0.4, -0.2) is 46.6 Å². The van der Waals surface area contributed by atoms with Gasteiger partial charge in [0.1, 0.15) is 0 Å². The minimum atomic E-state index is -5.12. The van der Waals surface area contributed by atoms with Crippen molar-refractivity contribution in [2.24, 2.45) is 0 Å². The zero-order valence-electron chi connectivity index (χ0n) is 13.9. The first-order valence-electron chi connectivity index (χ1n) is 8.12. The molecule has 2 aromatic carbocycles. The monoisotopic (exact) mass is 389 g/mol. The molecule has 8 nitrogen and oxygen atoms in total. The summed E-state index contributed by atoms with van der Waals surface area (Å²) in [6.45, 7) is -0.277. The average Bonchev–Trinajstić information content (AvgIpc) is 3.08. The molecule has 1 aliphatic carbocycles. The number of benzene rings is 2. The van der Waals surface area contributed by atoms with Crippen molar-refractivity contribution >= 4 is 21.9 Å². The summed E-state index contributed by atoms with van der Waals surface area (Å²) >= 11 is 0. The molecule has 0 saturated carbocycles. The highest BCUT2D eigenvalue weighted by atomic mass is 32.2. The van der Waals surface area contributed by atoms with E-state index in [0.717, 1.165) is 22.3 Å². The number of fused-ring (bicyclic) bond motifs is 3. The molecule has 2 amide bonds. The predicted molar refractivity (Wildman–Crippen MR) is 92.2 cm³/mol. The van der Waals surface area contributed by atoms with Gasteiger partial charge in [0.05, 0.1) is 13.0 Å². The van der Waals surface area contributed by atoms with E-state index in [-0.39, 0.29) is 11.7 Å². The van der Waals surface area contributed by atoms with Crippen LogP contribution in [0.15, 0.2) is 48.5 Å². The Kier molecular flexibility index (Phi) is 3.93. The van der Waals surface area contributed by atoms with E-state index in [9.17, 15) is 27.8 Å². The number of hydroxylamine groups is 2. The van der Waals surface area contributed by atoms with E-state index in [0.29, 0.717) is 0 Å². The normalized spacial score (nSPS) is 22.2. The van der Waals surface area contributed by atoms with Crippen molar-refractivity contribution in [3.05, 3.63) is 59.7 Å². The molecular weight excluding hydrogens is 374 g/mol. The van der Waals surface area contributed by atoms with E-state index in [4.69, 9.17) is 4.74 Å². The van der Waals surface area contributed by atoms with E-state index in [1.165, 1.54) is 0 Å². The van der Waals surface area contributed by atoms with Gasteiger partial charge in [-0.3, -0.25) is 19.3 Å². The molecule has 4 rings (SSSR count). The quantitative estimate of drug-likeness (QED) is 0.462. The van der Waals surface area contributed by atoms with Crippen LogP contribution in [0.4, 0.5) is 0 Å². The third kappa shape index (κ3) is 2.51. The van der Waals surface area contributed by atoms with E-state index in [1.807, 2.05) is 48.5 Å². The second-order valence-corrected chi connectivity index (χ2v) is 8.06. The number of carbonyl (C=O) groups is 2. The van der Waals surface area contributed by atoms with E-state index < -0.39 is 39.2 Å². The van der Waals surface area contributed by atoms with Gasteiger partial charge in [-0.05, 0) is 22.3 Å². The molecule has 9 heteroatoms. The Morgan fingerprint density at radius 3 is 2.00 bits per heavy atom. The molecule has 2 N–H and O–H groups in total. The van der Waals surface area contributed by atoms with Crippen molar-refractivity contribution in [1.82, 2.24) is 5.06 Å². The van der Waals surface area contributed by atoms with Crippen molar-refractivity contribution in [3.63, 3.8) is 0 Å². The van der Waals surface area contributed by atoms with Crippen LogP contribution in [0.25, 0.3) is 11.1 Å². The maximum Gasteiger partial charge on any atom is 0.305 e. The summed E-state index contributed by atoms with van der Waals surface area (Å²) in [4.78, 5) is 21.0. The fourth-order valence-electron chi connectivity index (χ4n) is 3.67. The van der Waals surface area contributed by atoms with Gasteiger partial charge in [0.25, 0.3) is 10.8 Å². The highest BCUT2D eigenvalue weighted by molar-refractivity contribution is 7.88. The lowest BCUT2D eigenvalue weighted by Crippen LogP contribution is -2.48. The molecule has 0 radical (unpaired) electrons. The number of rotatable bonds is 4. The van der Waals surface area contributed by atoms with Crippen molar-refractivity contribution < 1.29 is 32.5 Å². The van der Waals surface area contributed by atoms with Gasteiger partial charge in [0.2, 0.25) is 0 Å². The minimum Gasteiger partial charge on any atom is -0.348 e. The molecule has 0 aromatic heterocycles. The number of carbonyl (C=O) groups excluding carboxylic acids is 2. The summed E-state index contributed by atoms with van der Waals surface area (Å²) in [6.07, 6.45) is -0.989. The maximum absolute atomic E-state index is 12.2. The molecule has 27 heavy (non-hydrogen) atoms. The first kappa shape index (κ1) is 17.8. The smallest absolute Gasteiger partial charge is 0.305 e. The van der Waals surface area contributed by atoms with E-state index >= 15 is 0 Å². The van der Waals surface area contributed by atoms with E-state index in [1.54, 1.807) is 0 Å². The maximum atomic E-state index is 12.2. The van der Waals surface area contributed by atoms with Crippen LogP contribution in [0.2, 0.25) is 0 Å². The number of hydrogen-bond acceptors (Lipinski definition) is 6. The van der Waals surface area contributed by atoms with Crippen molar-refractivity contribution in [2.45, 2.75) is 17.3 Å². The van der Waals surface area contributed by atoms with Gasteiger partial charge in [-0.15, -0.1) is 0 Å². The molecule has 1 heterocycles. The van der Waals surface area contributed by atoms with Crippen LogP contribution in [0.3, 0.4) is 0 Å². The number of imide groups is 1. The Morgan fingerprint density at radius 1 is 1.04 bits per heavy atom. The molecule has 1 aliphatic heterocycles. The molecule has 0 spiro atoms. The van der Waals surface area contributed by atoms with Crippen molar-refractivity contribution in [1.29, 1.82) is 0 Å². The predicted octanol–water partition coefficient (Wildman–Crippen LogP) is 1.55. The summed E-state index contributed by atoms with van der Waals surface area (Å²) in [5.74, 6) is -3.08. The third-order valence-electron chi connectivity index (χ3n) is 5.00. The van der Waals surface area contributed by atoms with Crippen LogP contribution in [-0.2, 0) is 24.4 Å². The minimum absolute atomic E-state index is 0.277. The molecule has 1 unspecified atom stereocenters. The Labute approximate surface area is 154 Å². The second kappa shape index (κ2) is 5.96. The topological polar surface area (TPSA) is 121 Å². The Balaban J connectivity index is 1.73. The molecule has 2 aliphatic rings. The molecule has 1 saturated heterocycles. The lowest BCUT2D eigenvalue weighted by atomic mass is 9.98. The van der Waals surface area contributed by atoms with Crippen LogP contribution < -0.4 is 0 Å². The largest absolute Gasteiger partial charge is 0.348 e. The van der Waals surface area contributed by atoms with Gasteiger partial charge in [0, 0.05) is 5.92 Å². The Bertz CT molecular complexity index is 1020. The summed E-state index contributed by atoms with van der Waals surface area (Å²) < 4.78 is 38.7. The standard InChI is InChI=1S/C18H15NO7S/c20-16-9-18(27(23,24)25,17(21)19(16)22)26-10-15-13-7-3-1-5-11(13)12-6-2-4-8-14(12)15/h1-8,15,22H,9-10H2,(H,23,24,25). The number of nitrogens with zero attached hydrogens (tertiary/aromatic N) is 1. The lowest BCUT2D eigenvalue weighted by Gasteiger charge is -2.25. The molecule has 1 atom stereocenters. The van der Waals surface area contributed by atoms with Gasteiger partial charge in [-0.1, -0.05) is 48.5 Å². The molecule has 2 aromatic rings. The third-order valence-corrected chi connectivity index (χ3v) is 6.27. The molecule has 140 valence electrons. The lowest BCUT2D eigenvalue weighted by molar-refractivity contribution is -0.175. The van der Waals surface area contributed by atoms with Crippen molar-refractivity contribution in [2.75, 3.05) is 6.61 Å². The highest BCUT2D eigenvalue weighted by Crippen LogP contribution is 2.45. The Morgan fingerprint density at radius 2 is 1.56 bits per heavy atom. The number of ether oxygens (including phenoxy) is 1. The van der Waals surface area contributed by atoms with Crippen LogP contribution in [0, 0.1) is 0 Å². The summed E-state index contributed by atoms with van der Waals surface area (Å²) in [5.41, 5.74) is 3.67. The molecular formula is C18H15NO7S. The Hall–Kier alpha value is -2.59. The number of amides is 2. The van der Waals surface area contributed by atoms with Gasteiger partial charge in [0.15, 0.2) is 0 Å². The highest BCUT2D eigenvalue weighted by Gasteiger charge is 2.62. The second-order valence-electron chi connectivity index (χ2n) is 6.45. The van der Waals surface area contributed by atoms with Gasteiger partial charge in [-0.2, -0.15) is 13.5 Å². The SMILES string of the molecule is O=C1CC(OCC2c3ccccc3-c3ccccc32)(S(=O)(=O)O)C(=O)N1O. The van der Waals surface area contributed by atoms with Gasteiger partial charge in [-0.25, -0.2) is 0 Å². The number of hydrogen-bond donors (Lipinski definition) is 2. The first-order chi connectivity index (χ1) is 12.8. The first-order valence-corrected chi connectivity index (χ1v) is 9.56. The zero-order chi connectivity index (χ0) is 19.4. The van der Waals surface area contributed by atoms with Crippen LogP contribution in [0.1, 0.15) is 23.5 Å². The fourth-order valence-corrected chi connectivity index (χ4v) is 4.50. The average molecular weight is 389 g/mol. The summed E-state index contributed by atoms with van der Waals surface area (Å²) in [7, 11) is -5.12. The van der Waals surface area contributed by atoms with Gasteiger partial charge < -0.3 is 4.74 Å². The van der Waals surface area contributed by atoms with Crippen LogP contribution >= 0.6 is 0 Å². The molecule has 1 fully saturated rings. The van der Waals surface area contributed by atoms with Crippen molar-refractivity contribution in [3.8, 4) is 11.1 Å². The molecule has 0 bridgehead atoms. The fraction of sp³-hybridized carbons (Fsp3) is 0.222. The van der Waals surface area contributed by atoms with Gasteiger partial charge >= 0.3 is 16.0 Å². The summed E-state index contributed by atoms with van der Waals surface area (Å²) in [6, 6.07) is 15.0. The van der Waals surface area contributed by atoms with Crippen LogP contribution in [0.5, 0.6) is 0 Å². The zero-order valence-corrected chi connectivity index (χ0v) is 14.7. The summed E-state index contributed by atoms with van der Waals surface area (Å²) in [5, 5.41) is 9.12. The van der Waals surface area contributed by atoms with E-state index in [2.05, 4.69) is 0 Å².